The minimum Gasteiger partial charge on any atom is -0.462 e. The van der Waals surface area contributed by atoms with Crippen molar-refractivity contribution in [2.45, 2.75) is 148 Å². The third-order valence-corrected chi connectivity index (χ3v) is 8.47. The molecular formula is C47H73O8P. The van der Waals surface area contributed by atoms with Crippen LogP contribution in [0.1, 0.15) is 142 Å². The number of rotatable bonds is 36. The van der Waals surface area contributed by atoms with Gasteiger partial charge in [0.25, 0.3) is 0 Å². The number of allylic oxidation sites excluding steroid dienone is 20. The Labute approximate surface area is 339 Å². The van der Waals surface area contributed by atoms with Crippen LogP contribution in [0.25, 0.3) is 0 Å². The van der Waals surface area contributed by atoms with Crippen LogP contribution >= 0.6 is 7.82 Å². The zero-order chi connectivity index (χ0) is 41.1. The van der Waals surface area contributed by atoms with Crippen LogP contribution in [0, 0.1) is 0 Å². The van der Waals surface area contributed by atoms with Crippen LogP contribution < -0.4 is 0 Å². The quantitative estimate of drug-likeness (QED) is 0.0278. The van der Waals surface area contributed by atoms with Crippen LogP contribution in [-0.2, 0) is 28.2 Å². The summed E-state index contributed by atoms with van der Waals surface area (Å²) in [4.78, 5) is 42.8. The number of phosphoric acid groups is 1. The molecule has 0 heterocycles. The second-order valence-electron chi connectivity index (χ2n) is 13.2. The van der Waals surface area contributed by atoms with Gasteiger partial charge in [0.15, 0.2) is 6.10 Å². The average Bonchev–Trinajstić information content (AvgIpc) is 3.17. The van der Waals surface area contributed by atoms with Crippen molar-refractivity contribution in [3.05, 3.63) is 122 Å². The molecule has 0 bridgehead atoms. The minimum absolute atomic E-state index is 0.0754. The second-order valence-corrected chi connectivity index (χ2v) is 14.4. The van der Waals surface area contributed by atoms with Crippen LogP contribution in [0.5, 0.6) is 0 Å². The average molecular weight is 797 g/mol. The number of ether oxygens (including phenoxy) is 2. The third kappa shape index (κ3) is 43.2. The molecule has 0 aliphatic heterocycles. The Morgan fingerprint density at radius 2 is 0.839 bits per heavy atom. The Balaban J connectivity index is 4.11. The van der Waals surface area contributed by atoms with Gasteiger partial charge in [-0.05, 0) is 89.9 Å². The largest absolute Gasteiger partial charge is 0.469 e. The summed E-state index contributed by atoms with van der Waals surface area (Å²) in [5.74, 6) is -1.01. The first-order valence-electron chi connectivity index (χ1n) is 20.8. The SMILES string of the molecule is CC/C=C\C/C=C\C/C=C\C/C=C\C/C=C\C/C=C\CCC(=O)OC(COC(=O)CCCCCCCC/C=C\C/C=C\C/C=C\C/C=C\CC)COP(=O)(O)O. The van der Waals surface area contributed by atoms with Crippen LogP contribution in [0.3, 0.4) is 0 Å². The molecule has 0 aromatic carbocycles. The van der Waals surface area contributed by atoms with Gasteiger partial charge < -0.3 is 19.3 Å². The molecule has 0 radical (unpaired) electrons. The van der Waals surface area contributed by atoms with Crippen LogP contribution in [0.15, 0.2) is 122 Å². The normalized spacial score (nSPS) is 13.7. The predicted molar refractivity (Wildman–Crippen MR) is 234 cm³/mol. The molecule has 8 nitrogen and oxygen atoms in total. The van der Waals surface area contributed by atoms with Gasteiger partial charge in [-0.1, -0.05) is 161 Å². The van der Waals surface area contributed by atoms with Gasteiger partial charge in [-0.2, -0.15) is 0 Å². The highest BCUT2D eigenvalue weighted by atomic mass is 31.2. The highest BCUT2D eigenvalue weighted by molar-refractivity contribution is 7.46. The first-order valence-corrected chi connectivity index (χ1v) is 22.4. The number of hydrogen-bond acceptors (Lipinski definition) is 6. The summed E-state index contributed by atoms with van der Waals surface area (Å²) in [6, 6.07) is 0. The summed E-state index contributed by atoms with van der Waals surface area (Å²) in [7, 11) is -4.79. The van der Waals surface area contributed by atoms with Gasteiger partial charge in [-0.25, -0.2) is 4.57 Å². The highest BCUT2D eigenvalue weighted by Gasteiger charge is 2.22. The molecule has 0 saturated heterocycles. The molecule has 314 valence electrons. The van der Waals surface area contributed by atoms with E-state index in [1.54, 1.807) is 0 Å². The van der Waals surface area contributed by atoms with Crippen molar-refractivity contribution < 1.29 is 37.9 Å². The van der Waals surface area contributed by atoms with Gasteiger partial charge in [0.05, 0.1) is 6.61 Å². The lowest BCUT2D eigenvalue weighted by atomic mass is 10.1. The van der Waals surface area contributed by atoms with Crippen molar-refractivity contribution in [3.8, 4) is 0 Å². The number of carbonyl (C=O) groups excluding carboxylic acids is 2. The first-order chi connectivity index (χ1) is 27.3. The van der Waals surface area contributed by atoms with Crippen LogP contribution in [0.2, 0.25) is 0 Å². The zero-order valence-electron chi connectivity index (χ0n) is 34.5. The van der Waals surface area contributed by atoms with E-state index in [0.29, 0.717) is 12.8 Å². The molecule has 0 saturated carbocycles. The molecule has 0 aromatic heterocycles. The third-order valence-electron chi connectivity index (χ3n) is 7.99. The number of esters is 2. The van der Waals surface area contributed by atoms with Crippen molar-refractivity contribution in [1.29, 1.82) is 0 Å². The van der Waals surface area contributed by atoms with E-state index < -0.39 is 32.5 Å². The highest BCUT2D eigenvalue weighted by Crippen LogP contribution is 2.35. The topological polar surface area (TPSA) is 119 Å². The summed E-state index contributed by atoms with van der Waals surface area (Å²) in [6.07, 6.45) is 59.3. The van der Waals surface area contributed by atoms with E-state index in [0.717, 1.165) is 103 Å². The Morgan fingerprint density at radius 3 is 1.27 bits per heavy atom. The van der Waals surface area contributed by atoms with Crippen molar-refractivity contribution in [2.24, 2.45) is 0 Å². The molecule has 1 unspecified atom stereocenters. The minimum atomic E-state index is -4.79. The monoisotopic (exact) mass is 797 g/mol. The number of phosphoric ester groups is 1. The Kier molecular flexibility index (Phi) is 38.5. The fourth-order valence-corrected chi connectivity index (χ4v) is 5.34. The Hall–Kier alpha value is -3.55. The lowest BCUT2D eigenvalue weighted by Crippen LogP contribution is -2.29. The standard InChI is InChI=1S/C47H73O8P/c1-3-5-7-9-11-13-15-17-19-21-23-25-27-29-31-33-35-37-39-41-46(48)53-43-45(44-54-56(50,51)52)55-47(49)42-40-38-36-34-32-30-28-26-24-22-20-18-16-14-12-10-8-6-4-2/h5-8,11-14,17-20,23-26,30,32,36,38,45H,3-4,9-10,15-16,21-22,27-29,31,33-35,37,39-44H2,1-2H3,(H2,50,51,52)/b7-5-,8-6-,13-11-,14-12-,19-17-,20-18-,25-23-,26-24-,32-30-,38-36-. The summed E-state index contributed by atoms with van der Waals surface area (Å²) in [5.41, 5.74) is 0. The molecule has 0 spiro atoms. The van der Waals surface area contributed by atoms with Crippen molar-refractivity contribution in [1.82, 2.24) is 0 Å². The molecule has 56 heavy (non-hydrogen) atoms. The Bertz CT molecular complexity index is 1310. The van der Waals surface area contributed by atoms with Gasteiger partial charge in [0.1, 0.15) is 6.61 Å². The van der Waals surface area contributed by atoms with E-state index in [1.807, 2.05) is 12.2 Å². The summed E-state index contributed by atoms with van der Waals surface area (Å²) in [6.45, 7) is 3.36. The van der Waals surface area contributed by atoms with E-state index in [9.17, 15) is 14.2 Å². The Morgan fingerprint density at radius 1 is 0.464 bits per heavy atom. The maximum atomic E-state index is 12.4. The van der Waals surface area contributed by atoms with Crippen molar-refractivity contribution in [2.75, 3.05) is 13.2 Å². The fourth-order valence-electron chi connectivity index (χ4n) is 4.98. The van der Waals surface area contributed by atoms with Gasteiger partial charge in [-0.15, -0.1) is 0 Å². The van der Waals surface area contributed by atoms with Gasteiger partial charge in [-0.3, -0.25) is 14.1 Å². The van der Waals surface area contributed by atoms with Crippen molar-refractivity contribution >= 4 is 19.8 Å². The number of carbonyl (C=O) groups is 2. The molecule has 0 amide bonds. The van der Waals surface area contributed by atoms with E-state index in [1.165, 1.54) is 0 Å². The van der Waals surface area contributed by atoms with E-state index in [4.69, 9.17) is 19.3 Å². The van der Waals surface area contributed by atoms with Gasteiger partial charge >= 0.3 is 19.8 Å². The van der Waals surface area contributed by atoms with Crippen LogP contribution in [-0.4, -0.2) is 41.0 Å². The molecular weight excluding hydrogens is 723 g/mol. The maximum Gasteiger partial charge on any atom is 0.469 e. The zero-order valence-corrected chi connectivity index (χ0v) is 35.4. The van der Waals surface area contributed by atoms with Crippen LogP contribution in [0.4, 0.5) is 0 Å². The van der Waals surface area contributed by atoms with Gasteiger partial charge in [0, 0.05) is 12.8 Å². The number of hydrogen-bond donors (Lipinski definition) is 2. The van der Waals surface area contributed by atoms with E-state index >= 15 is 0 Å². The predicted octanol–water partition coefficient (Wildman–Crippen LogP) is 13.0. The van der Waals surface area contributed by atoms with Crippen molar-refractivity contribution in [3.63, 3.8) is 0 Å². The lowest BCUT2D eigenvalue weighted by Gasteiger charge is -2.18. The molecule has 0 aliphatic carbocycles. The lowest BCUT2D eigenvalue weighted by molar-refractivity contribution is -0.161. The maximum absolute atomic E-state index is 12.4. The molecule has 2 N–H and O–H groups in total. The van der Waals surface area contributed by atoms with E-state index in [2.05, 4.69) is 128 Å². The number of unbranched alkanes of at least 4 members (excludes halogenated alkanes) is 6. The second kappa shape index (κ2) is 41.1. The molecule has 0 fully saturated rings. The first kappa shape index (κ1) is 52.5. The van der Waals surface area contributed by atoms with E-state index in [-0.39, 0.29) is 19.4 Å². The fraction of sp³-hybridized carbons (Fsp3) is 0.532. The molecule has 1 atom stereocenters. The summed E-state index contributed by atoms with van der Waals surface area (Å²) >= 11 is 0. The smallest absolute Gasteiger partial charge is 0.462 e. The summed E-state index contributed by atoms with van der Waals surface area (Å²) in [5, 5.41) is 0. The molecule has 0 aliphatic rings. The molecule has 0 rings (SSSR count). The molecule has 0 aromatic rings. The van der Waals surface area contributed by atoms with Gasteiger partial charge in [0.2, 0.25) is 0 Å². The molecule has 9 heteroatoms. The summed E-state index contributed by atoms with van der Waals surface area (Å²) < 4.78 is 26.3.